The van der Waals surface area contributed by atoms with Gasteiger partial charge >= 0.3 is 0 Å². The van der Waals surface area contributed by atoms with E-state index in [0.29, 0.717) is 35.3 Å². The van der Waals surface area contributed by atoms with Crippen LogP contribution in [0.2, 0.25) is 0 Å². The van der Waals surface area contributed by atoms with E-state index in [-0.39, 0.29) is 10.6 Å². The van der Waals surface area contributed by atoms with E-state index in [1.807, 2.05) is 6.92 Å². The van der Waals surface area contributed by atoms with E-state index in [2.05, 4.69) is 5.32 Å². The number of rotatable bonds is 13. The molecule has 0 radical (unpaired) electrons. The smallest absolute Gasteiger partial charge is 0.264 e. The first-order chi connectivity index (χ1) is 18.7. The fourth-order valence-electron chi connectivity index (χ4n) is 3.92. The molecule has 10 nitrogen and oxygen atoms in total. The highest BCUT2D eigenvalue weighted by atomic mass is 32.2. The second-order valence-corrected chi connectivity index (χ2v) is 10.2. The summed E-state index contributed by atoms with van der Waals surface area (Å²) in [5, 5.41) is 2.87. The van der Waals surface area contributed by atoms with E-state index >= 15 is 0 Å². The van der Waals surface area contributed by atoms with Gasteiger partial charge in [-0.15, -0.1) is 0 Å². The van der Waals surface area contributed by atoms with Gasteiger partial charge in [0.25, 0.3) is 10.0 Å². The van der Waals surface area contributed by atoms with Crippen molar-refractivity contribution in [1.29, 1.82) is 0 Å². The number of methoxy groups -OCH3 is 4. The Bertz CT molecular complexity index is 1380. The Labute approximate surface area is 229 Å². The van der Waals surface area contributed by atoms with Crippen LogP contribution in [-0.2, 0) is 14.8 Å². The van der Waals surface area contributed by atoms with Crippen LogP contribution >= 0.6 is 0 Å². The molecule has 0 aromatic heterocycles. The molecule has 1 amide bonds. The van der Waals surface area contributed by atoms with Gasteiger partial charge in [0.1, 0.15) is 12.3 Å². The van der Waals surface area contributed by atoms with Crippen molar-refractivity contribution >= 4 is 21.6 Å². The molecule has 3 aromatic carbocycles. The van der Waals surface area contributed by atoms with E-state index in [9.17, 15) is 13.2 Å². The highest BCUT2D eigenvalue weighted by Gasteiger charge is 2.29. The molecule has 0 unspecified atom stereocenters. The van der Waals surface area contributed by atoms with Gasteiger partial charge in [-0.1, -0.05) is 6.07 Å². The summed E-state index contributed by atoms with van der Waals surface area (Å²) in [5.74, 6) is 1.78. The predicted octanol–water partition coefficient (Wildman–Crippen LogP) is 4.19. The third-order valence-corrected chi connectivity index (χ3v) is 7.72. The normalized spacial score (nSPS) is 11.7. The van der Waals surface area contributed by atoms with E-state index in [4.69, 9.17) is 23.7 Å². The lowest BCUT2D eigenvalue weighted by molar-refractivity contribution is -0.120. The lowest BCUT2D eigenvalue weighted by Crippen LogP contribution is -2.41. The summed E-state index contributed by atoms with van der Waals surface area (Å²) in [6.07, 6.45) is 0. The minimum absolute atomic E-state index is 0.0604. The molecule has 1 N–H and O–H groups in total. The largest absolute Gasteiger partial charge is 0.494 e. The van der Waals surface area contributed by atoms with E-state index in [1.54, 1.807) is 49.4 Å². The third kappa shape index (κ3) is 6.85. The molecule has 0 heterocycles. The van der Waals surface area contributed by atoms with Gasteiger partial charge in [0.15, 0.2) is 23.0 Å². The van der Waals surface area contributed by atoms with Gasteiger partial charge in [0, 0.05) is 6.07 Å². The van der Waals surface area contributed by atoms with Gasteiger partial charge < -0.3 is 29.0 Å². The molecule has 11 heteroatoms. The highest BCUT2D eigenvalue weighted by molar-refractivity contribution is 7.92. The molecule has 0 aliphatic rings. The van der Waals surface area contributed by atoms with E-state index < -0.39 is 28.5 Å². The number of hydrogen-bond donors (Lipinski definition) is 1. The van der Waals surface area contributed by atoms with Crippen molar-refractivity contribution in [3.05, 3.63) is 66.2 Å². The summed E-state index contributed by atoms with van der Waals surface area (Å²) < 4.78 is 55.4. The standard InChI is InChI=1S/C28H34N2O8S/c1-7-38-22-11-9-21(10-12-22)30(39(32,33)23-13-15-25(35-4)27(17-23)37-6)18-28(31)29-19(2)20-8-14-24(34-3)26(16-20)36-5/h8-17,19H,7,18H2,1-6H3,(H,29,31)/t19-/m1/s1. The molecule has 0 saturated carbocycles. The summed E-state index contributed by atoms with van der Waals surface area (Å²) in [5.41, 5.74) is 1.05. The quantitative estimate of drug-likeness (QED) is 0.332. The van der Waals surface area contributed by atoms with E-state index in [0.717, 1.165) is 9.87 Å². The van der Waals surface area contributed by atoms with Gasteiger partial charge in [-0.25, -0.2) is 8.42 Å². The first-order valence-corrected chi connectivity index (χ1v) is 13.6. The number of hydrogen-bond acceptors (Lipinski definition) is 8. The molecule has 3 aromatic rings. The van der Waals surface area contributed by atoms with Gasteiger partial charge in [0.05, 0.1) is 51.7 Å². The molecule has 0 bridgehead atoms. The molecule has 0 saturated heterocycles. The van der Waals surface area contributed by atoms with Gasteiger partial charge in [-0.2, -0.15) is 0 Å². The molecular weight excluding hydrogens is 524 g/mol. The maximum Gasteiger partial charge on any atom is 0.264 e. The Morgan fingerprint density at radius 1 is 0.821 bits per heavy atom. The average Bonchev–Trinajstić information content (AvgIpc) is 2.95. The first-order valence-electron chi connectivity index (χ1n) is 12.2. The van der Waals surface area contributed by atoms with Gasteiger partial charge in [0.2, 0.25) is 5.91 Å². The first kappa shape index (κ1) is 29.4. The van der Waals surface area contributed by atoms with Crippen LogP contribution in [0.4, 0.5) is 5.69 Å². The van der Waals surface area contributed by atoms with Crippen molar-refractivity contribution in [2.75, 3.05) is 45.9 Å². The van der Waals surface area contributed by atoms with Crippen molar-refractivity contribution in [1.82, 2.24) is 5.32 Å². The summed E-state index contributed by atoms with van der Waals surface area (Å²) >= 11 is 0. The minimum Gasteiger partial charge on any atom is -0.494 e. The van der Waals surface area contributed by atoms with Crippen LogP contribution in [0.5, 0.6) is 28.7 Å². The molecule has 39 heavy (non-hydrogen) atoms. The molecule has 0 fully saturated rings. The molecule has 0 aliphatic carbocycles. The molecule has 1 atom stereocenters. The Morgan fingerprint density at radius 2 is 1.38 bits per heavy atom. The summed E-state index contributed by atoms with van der Waals surface area (Å²) in [7, 11) is 1.75. The highest BCUT2D eigenvalue weighted by Crippen LogP contribution is 2.33. The van der Waals surface area contributed by atoms with Crippen molar-refractivity contribution in [3.63, 3.8) is 0 Å². The van der Waals surface area contributed by atoms with Crippen LogP contribution < -0.4 is 33.3 Å². The zero-order valence-electron chi connectivity index (χ0n) is 22.9. The lowest BCUT2D eigenvalue weighted by Gasteiger charge is -2.26. The summed E-state index contributed by atoms with van der Waals surface area (Å²) in [4.78, 5) is 13.2. The number of ether oxygens (including phenoxy) is 5. The van der Waals surface area contributed by atoms with Crippen molar-refractivity contribution in [3.8, 4) is 28.7 Å². The van der Waals surface area contributed by atoms with Crippen LogP contribution in [0.25, 0.3) is 0 Å². The molecule has 210 valence electrons. The van der Waals surface area contributed by atoms with Crippen molar-refractivity contribution in [2.24, 2.45) is 0 Å². The number of nitrogens with zero attached hydrogens (tertiary/aromatic N) is 1. The number of amides is 1. The second-order valence-electron chi connectivity index (χ2n) is 8.36. The number of carbonyl (C=O) groups is 1. The average molecular weight is 559 g/mol. The van der Waals surface area contributed by atoms with Crippen LogP contribution in [0.1, 0.15) is 25.5 Å². The SMILES string of the molecule is CCOc1ccc(N(CC(=O)N[C@H](C)c2ccc(OC)c(OC)c2)S(=O)(=O)c2ccc(OC)c(OC)c2)cc1. The van der Waals surface area contributed by atoms with Crippen molar-refractivity contribution < 1.29 is 36.9 Å². The monoisotopic (exact) mass is 558 g/mol. The van der Waals surface area contributed by atoms with Crippen LogP contribution in [-0.4, -0.2) is 55.9 Å². The fourth-order valence-corrected chi connectivity index (χ4v) is 5.35. The molecule has 0 spiro atoms. The number of nitrogens with one attached hydrogen (secondary N) is 1. The lowest BCUT2D eigenvalue weighted by atomic mass is 10.1. The zero-order chi connectivity index (χ0) is 28.6. The fraction of sp³-hybridized carbons (Fsp3) is 0.321. The Balaban J connectivity index is 1.94. The Morgan fingerprint density at radius 3 is 1.95 bits per heavy atom. The zero-order valence-corrected chi connectivity index (χ0v) is 23.7. The molecule has 3 rings (SSSR count). The molecular formula is C28H34N2O8S. The second kappa shape index (κ2) is 13.1. The Kier molecular flexibility index (Phi) is 9.89. The summed E-state index contributed by atoms with van der Waals surface area (Å²) in [6, 6.07) is 15.6. The maximum absolute atomic E-state index is 13.8. The topological polar surface area (TPSA) is 113 Å². The van der Waals surface area contributed by atoms with E-state index in [1.165, 1.54) is 46.6 Å². The molecule has 0 aliphatic heterocycles. The third-order valence-electron chi connectivity index (χ3n) is 5.95. The van der Waals surface area contributed by atoms with Crippen LogP contribution in [0.3, 0.4) is 0 Å². The minimum atomic E-state index is -4.19. The predicted molar refractivity (Wildman–Crippen MR) is 148 cm³/mol. The number of carbonyl (C=O) groups excluding carboxylic acids is 1. The number of anilines is 1. The van der Waals surface area contributed by atoms with Crippen molar-refractivity contribution in [2.45, 2.75) is 24.8 Å². The summed E-state index contributed by atoms with van der Waals surface area (Å²) in [6.45, 7) is 3.64. The van der Waals surface area contributed by atoms with Gasteiger partial charge in [-0.05, 0) is 67.9 Å². The Hall–Kier alpha value is -4.12. The number of sulfonamides is 1. The van der Waals surface area contributed by atoms with Crippen LogP contribution in [0.15, 0.2) is 65.6 Å². The number of benzene rings is 3. The van der Waals surface area contributed by atoms with Crippen LogP contribution in [0, 0.1) is 0 Å². The van der Waals surface area contributed by atoms with Gasteiger partial charge in [-0.3, -0.25) is 9.10 Å². The maximum atomic E-state index is 13.8.